The summed E-state index contributed by atoms with van der Waals surface area (Å²) in [6.07, 6.45) is 4.75. The Morgan fingerprint density at radius 1 is 1.22 bits per heavy atom. The van der Waals surface area contributed by atoms with Crippen LogP contribution in [0.4, 0.5) is 0 Å². The second-order valence-corrected chi connectivity index (χ2v) is 6.64. The normalized spacial score (nSPS) is 19.7. The third-order valence-electron chi connectivity index (χ3n) is 3.76. The van der Waals surface area contributed by atoms with E-state index in [9.17, 15) is 4.79 Å². The molecule has 0 bridgehead atoms. The van der Waals surface area contributed by atoms with Gasteiger partial charge >= 0.3 is 5.97 Å². The molecule has 1 aliphatic rings. The van der Waals surface area contributed by atoms with E-state index in [-0.39, 0.29) is 12.1 Å². The first kappa shape index (κ1) is 18.1. The van der Waals surface area contributed by atoms with Crippen LogP contribution in [0.3, 0.4) is 0 Å². The van der Waals surface area contributed by atoms with Crippen molar-refractivity contribution in [3.05, 3.63) is 29.3 Å². The smallest absolute Gasteiger partial charge is 0.341 e. The molecule has 128 valence electrons. The Bertz CT molecular complexity index is 494. The fourth-order valence-corrected chi connectivity index (χ4v) is 2.49. The van der Waals surface area contributed by atoms with E-state index in [2.05, 4.69) is 0 Å². The van der Waals surface area contributed by atoms with Crippen molar-refractivity contribution in [2.24, 2.45) is 0 Å². The predicted octanol–water partition coefficient (Wildman–Crippen LogP) is 4.39. The average molecular weight is 341 g/mol. The standard InChI is InChI=1S/C18H25ClO4/c1-14(2)23-17(20)18(13-22-18)11-5-3-4-6-12-21-16-9-7-15(19)8-10-16/h7-10,14H,3-6,11-13H2,1-2H3/t18-/m0/s1. The highest BCUT2D eigenvalue weighted by Gasteiger charge is 2.53. The molecular formula is C18H25ClO4. The molecule has 4 nitrogen and oxygen atoms in total. The van der Waals surface area contributed by atoms with E-state index >= 15 is 0 Å². The molecule has 0 amide bonds. The Morgan fingerprint density at radius 3 is 2.48 bits per heavy atom. The minimum atomic E-state index is -0.649. The van der Waals surface area contributed by atoms with Crippen LogP contribution in [0.5, 0.6) is 5.75 Å². The maximum absolute atomic E-state index is 11.9. The summed E-state index contributed by atoms with van der Waals surface area (Å²) in [6.45, 7) is 4.90. The summed E-state index contributed by atoms with van der Waals surface area (Å²) in [5.74, 6) is 0.634. The van der Waals surface area contributed by atoms with Crippen molar-refractivity contribution in [1.82, 2.24) is 0 Å². The summed E-state index contributed by atoms with van der Waals surface area (Å²) in [7, 11) is 0. The molecular weight excluding hydrogens is 316 g/mol. The van der Waals surface area contributed by atoms with Gasteiger partial charge in [0.25, 0.3) is 0 Å². The van der Waals surface area contributed by atoms with Crippen LogP contribution >= 0.6 is 11.6 Å². The van der Waals surface area contributed by atoms with Crippen LogP contribution in [0, 0.1) is 0 Å². The van der Waals surface area contributed by atoms with E-state index in [1.807, 2.05) is 38.1 Å². The Labute approximate surface area is 143 Å². The van der Waals surface area contributed by atoms with Gasteiger partial charge in [-0.2, -0.15) is 0 Å². The van der Waals surface area contributed by atoms with Crippen molar-refractivity contribution in [3.63, 3.8) is 0 Å². The second-order valence-electron chi connectivity index (χ2n) is 6.20. The van der Waals surface area contributed by atoms with Crippen molar-refractivity contribution >= 4 is 17.6 Å². The third kappa shape index (κ3) is 6.04. The maximum atomic E-state index is 11.9. The highest BCUT2D eigenvalue weighted by Crippen LogP contribution is 2.34. The quantitative estimate of drug-likeness (QED) is 0.360. The summed E-state index contributed by atoms with van der Waals surface area (Å²) in [5, 5.41) is 0.713. The highest BCUT2D eigenvalue weighted by molar-refractivity contribution is 6.30. The molecule has 1 aliphatic heterocycles. The molecule has 0 spiro atoms. The minimum Gasteiger partial charge on any atom is -0.494 e. The Hall–Kier alpha value is -1.26. The molecule has 1 aromatic rings. The predicted molar refractivity (Wildman–Crippen MR) is 89.9 cm³/mol. The number of rotatable bonds is 10. The van der Waals surface area contributed by atoms with Gasteiger partial charge in [-0.25, -0.2) is 4.79 Å². The lowest BCUT2D eigenvalue weighted by Gasteiger charge is -2.13. The van der Waals surface area contributed by atoms with E-state index in [0.29, 0.717) is 18.2 Å². The summed E-state index contributed by atoms with van der Waals surface area (Å²) < 4.78 is 16.2. The first-order valence-corrected chi connectivity index (χ1v) is 8.63. The van der Waals surface area contributed by atoms with Crippen LogP contribution in [0.1, 0.15) is 46.0 Å². The number of esters is 1. The molecule has 1 saturated heterocycles. The molecule has 1 aromatic carbocycles. The van der Waals surface area contributed by atoms with Gasteiger partial charge in [-0.1, -0.05) is 24.4 Å². The zero-order valence-corrected chi connectivity index (χ0v) is 14.6. The number of epoxide rings is 1. The molecule has 5 heteroatoms. The number of hydrogen-bond acceptors (Lipinski definition) is 4. The van der Waals surface area contributed by atoms with Crippen molar-refractivity contribution in [1.29, 1.82) is 0 Å². The van der Waals surface area contributed by atoms with Gasteiger partial charge in [-0.05, 0) is 57.4 Å². The first-order valence-electron chi connectivity index (χ1n) is 8.25. The summed E-state index contributed by atoms with van der Waals surface area (Å²) in [5.41, 5.74) is -0.649. The fourth-order valence-electron chi connectivity index (χ4n) is 2.36. The van der Waals surface area contributed by atoms with E-state index in [1.165, 1.54) is 0 Å². The molecule has 0 radical (unpaired) electrons. The van der Waals surface area contributed by atoms with E-state index in [1.54, 1.807) is 0 Å². The van der Waals surface area contributed by atoms with Gasteiger partial charge in [0.15, 0.2) is 5.60 Å². The Morgan fingerprint density at radius 2 is 1.87 bits per heavy atom. The molecule has 0 saturated carbocycles. The van der Waals surface area contributed by atoms with Gasteiger partial charge in [0.1, 0.15) is 5.75 Å². The number of carbonyl (C=O) groups is 1. The van der Waals surface area contributed by atoms with E-state index in [0.717, 1.165) is 37.9 Å². The lowest BCUT2D eigenvalue weighted by atomic mass is 10.0. The van der Waals surface area contributed by atoms with Gasteiger partial charge in [-0.3, -0.25) is 0 Å². The van der Waals surface area contributed by atoms with Gasteiger partial charge in [-0.15, -0.1) is 0 Å². The fraction of sp³-hybridized carbons (Fsp3) is 0.611. The zero-order valence-electron chi connectivity index (χ0n) is 13.8. The van der Waals surface area contributed by atoms with E-state index in [4.69, 9.17) is 25.8 Å². The molecule has 1 fully saturated rings. The van der Waals surface area contributed by atoms with Gasteiger partial charge < -0.3 is 14.2 Å². The van der Waals surface area contributed by atoms with Crippen LogP contribution < -0.4 is 4.74 Å². The molecule has 0 unspecified atom stereocenters. The second kappa shape index (κ2) is 8.55. The molecule has 23 heavy (non-hydrogen) atoms. The monoisotopic (exact) mass is 340 g/mol. The summed E-state index contributed by atoms with van der Waals surface area (Å²) >= 11 is 5.82. The van der Waals surface area contributed by atoms with Crippen molar-refractivity contribution < 1.29 is 19.0 Å². The topological polar surface area (TPSA) is 48.1 Å². The molecule has 0 N–H and O–H groups in total. The van der Waals surface area contributed by atoms with Crippen LogP contribution in [0.2, 0.25) is 5.02 Å². The SMILES string of the molecule is CC(C)OC(=O)[C@]1(CCCCCCOc2ccc(Cl)cc2)CO1. The third-order valence-corrected chi connectivity index (χ3v) is 4.02. The maximum Gasteiger partial charge on any atom is 0.341 e. The number of hydrogen-bond donors (Lipinski definition) is 0. The minimum absolute atomic E-state index is 0.0893. The number of benzene rings is 1. The Balaban J connectivity index is 1.53. The van der Waals surface area contributed by atoms with Crippen molar-refractivity contribution in [2.45, 2.75) is 57.7 Å². The number of ether oxygens (including phenoxy) is 3. The molecule has 2 rings (SSSR count). The first-order chi connectivity index (χ1) is 11.0. The zero-order chi connectivity index (χ0) is 16.7. The van der Waals surface area contributed by atoms with Gasteiger partial charge in [0, 0.05) is 5.02 Å². The average Bonchev–Trinajstić information content (AvgIpc) is 3.29. The van der Waals surface area contributed by atoms with Crippen LogP contribution in [0.25, 0.3) is 0 Å². The van der Waals surface area contributed by atoms with Gasteiger partial charge in [0.05, 0.1) is 19.3 Å². The Kier molecular flexibility index (Phi) is 6.72. The summed E-state index contributed by atoms with van der Waals surface area (Å²) in [4.78, 5) is 11.9. The largest absolute Gasteiger partial charge is 0.494 e. The lowest BCUT2D eigenvalue weighted by Crippen LogP contribution is -2.29. The highest BCUT2D eigenvalue weighted by atomic mass is 35.5. The molecule has 1 heterocycles. The van der Waals surface area contributed by atoms with Crippen LogP contribution in [0.15, 0.2) is 24.3 Å². The van der Waals surface area contributed by atoms with Crippen LogP contribution in [-0.4, -0.2) is 30.9 Å². The number of carbonyl (C=O) groups excluding carboxylic acids is 1. The molecule has 0 aromatic heterocycles. The number of unbranched alkanes of at least 4 members (excludes halogenated alkanes) is 3. The molecule has 1 atom stereocenters. The number of halogens is 1. The van der Waals surface area contributed by atoms with E-state index < -0.39 is 5.60 Å². The van der Waals surface area contributed by atoms with Crippen molar-refractivity contribution in [2.75, 3.05) is 13.2 Å². The summed E-state index contributed by atoms with van der Waals surface area (Å²) in [6, 6.07) is 7.39. The lowest BCUT2D eigenvalue weighted by molar-refractivity contribution is -0.154. The van der Waals surface area contributed by atoms with Gasteiger partial charge in [0.2, 0.25) is 0 Å². The van der Waals surface area contributed by atoms with Crippen molar-refractivity contribution in [3.8, 4) is 5.75 Å². The van der Waals surface area contributed by atoms with Crippen LogP contribution in [-0.2, 0) is 14.3 Å². The molecule has 0 aliphatic carbocycles.